The van der Waals surface area contributed by atoms with Crippen LogP contribution in [0.2, 0.25) is 0 Å². The molecule has 0 heterocycles. The second kappa shape index (κ2) is 5.70. The quantitative estimate of drug-likeness (QED) is 0.798. The van der Waals surface area contributed by atoms with Crippen LogP contribution in [0.3, 0.4) is 0 Å². The van der Waals surface area contributed by atoms with Crippen LogP contribution in [0.1, 0.15) is 13.3 Å². The Kier molecular flexibility index (Phi) is 4.55. The standard InChI is InChI=1S/C12H18N2OS/c1-9(7-12(13)16)15-11-6-4-5-10(8-11)14(2)3/h4-6,8-9H,7H2,1-3H3,(H2,13,16). The number of benzene rings is 1. The molecule has 0 bridgehead atoms. The van der Waals surface area contributed by atoms with Crippen LogP contribution >= 0.6 is 12.2 Å². The van der Waals surface area contributed by atoms with E-state index in [2.05, 4.69) is 0 Å². The number of hydrogen-bond donors (Lipinski definition) is 1. The summed E-state index contributed by atoms with van der Waals surface area (Å²) in [4.78, 5) is 2.52. The van der Waals surface area contributed by atoms with E-state index in [9.17, 15) is 0 Å². The van der Waals surface area contributed by atoms with Crippen molar-refractivity contribution in [2.75, 3.05) is 19.0 Å². The van der Waals surface area contributed by atoms with E-state index in [1.807, 2.05) is 50.2 Å². The zero-order valence-corrected chi connectivity index (χ0v) is 10.8. The van der Waals surface area contributed by atoms with Crippen LogP contribution in [-0.2, 0) is 0 Å². The molecular formula is C12H18N2OS. The van der Waals surface area contributed by atoms with Gasteiger partial charge in [0.15, 0.2) is 0 Å². The zero-order valence-electron chi connectivity index (χ0n) is 9.93. The van der Waals surface area contributed by atoms with Gasteiger partial charge in [0.2, 0.25) is 0 Å². The molecule has 0 radical (unpaired) electrons. The summed E-state index contributed by atoms with van der Waals surface area (Å²) in [7, 11) is 4.00. The van der Waals surface area contributed by atoms with Crippen molar-refractivity contribution < 1.29 is 4.74 Å². The molecule has 0 aliphatic carbocycles. The molecule has 1 atom stereocenters. The van der Waals surface area contributed by atoms with Crippen LogP contribution in [0, 0.1) is 0 Å². The first-order chi connectivity index (χ1) is 7.49. The molecule has 1 rings (SSSR count). The van der Waals surface area contributed by atoms with Gasteiger partial charge in [-0.05, 0) is 19.1 Å². The average molecular weight is 238 g/mol. The Bertz CT molecular complexity index is 366. The highest BCUT2D eigenvalue weighted by molar-refractivity contribution is 7.80. The van der Waals surface area contributed by atoms with Gasteiger partial charge in [0.25, 0.3) is 0 Å². The topological polar surface area (TPSA) is 38.5 Å². The molecule has 88 valence electrons. The lowest BCUT2D eigenvalue weighted by atomic mass is 10.2. The number of nitrogens with zero attached hydrogens (tertiary/aromatic N) is 1. The molecule has 0 aliphatic rings. The van der Waals surface area contributed by atoms with Crippen molar-refractivity contribution in [2.24, 2.45) is 5.73 Å². The average Bonchev–Trinajstić information content (AvgIpc) is 2.16. The van der Waals surface area contributed by atoms with Crippen molar-refractivity contribution in [1.29, 1.82) is 0 Å². The Morgan fingerprint density at radius 2 is 2.19 bits per heavy atom. The fourth-order valence-electron chi connectivity index (χ4n) is 1.39. The van der Waals surface area contributed by atoms with Gasteiger partial charge in [-0.2, -0.15) is 0 Å². The number of anilines is 1. The number of hydrogen-bond acceptors (Lipinski definition) is 3. The minimum atomic E-state index is 0.00918. The Hall–Kier alpha value is -1.29. The van der Waals surface area contributed by atoms with Gasteiger partial charge in [0.05, 0.1) is 4.99 Å². The number of thiocarbonyl (C=S) groups is 1. The summed E-state index contributed by atoms with van der Waals surface area (Å²) in [5.41, 5.74) is 6.58. The van der Waals surface area contributed by atoms with E-state index >= 15 is 0 Å². The smallest absolute Gasteiger partial charge is 0.121 e. The molecule has 1 unspecified atom stereocenters. The molecule has 4 heteroatoms. The van der Waals surface area contributed by atoms with Gasteiger partial charge < -0.3 is 15.4 Å². The SMILES string of the molecule is CC(CC(N)=S)Oc1cccc(N(C)C)c1. The summed E-state index contributed by atoms with van der Waals surface area (Å²) in [6.07, 6.45) is 0.608. The second-order valence-corrected chi connectivity index (χ2v) is 4.52. The summed E-state index contributed by atoms with van der Waals surface area (Å²) >= 11 is 4.84. The molecule has 0 saturated carbocycles. The van der Waals surface area contributed by atoms with E-state index in [1.165, 1.54) is 0 Å². The summed E-state index contributed by atoms with van der Waals surface area (Å²) in [6, 6.07) is 7.93. The lowest BCUT2D eigenvalue weighted by Gasteiger charge is -2.17. The fraction of sp³-hybridized carbons (Fsp3) is 0.417. The lowest BCUT2D eigenvalue weighted by Crippen LogP contribution is -2.21. The monoisotopic (exact) mass is 238 g/mol. The second-order valence-electron chi connectivity index (χ2n) is 3.99. The van der Waals surface area contributed by atoms with Gasteiger partial charge in [-0.3, -0.25) is 0 Å². The van der Waals surface area contributed by atoms with Crippen molar-refractivity contribution in [2.45, 2.75) is 19.4 Å². The maximum absolute atomic E-state index is 5.72. The fourth-order valence-corrected chi connectivity index (χ4v) is 1.63. The third kappa shape index (κ3) is 4.06. The molecule has 16 heavy (non-hydrogen) atoms. The van der Waals surface area contributed by atoms with Gasteiger partial charge in [-0.15, -0.1) is 0 Å². The summed E-state index contributed by atoms with van der Waals surface area (Å²) in [5.74, 6) is 0.843. The minimum Gasteiger partial charge on any atom is -0.490 e. The summed E-state index contributed by atoms with van der Waals surface area (Å²) in [6.45, 7) is 1.96. The molecule has 1 aromatic carbocycles. The molecule has 2 N–H and O–H groups in total. The Morgan fingerprint density at radius 1 is 1.50 bits per heavy atom. The zero-order chi connectivity index (χ0) is 12.1. The first-order valence-corrected chi connectivity index (χ1v) is 5.62. The van der Waals surface area contributed by atoms with Crippen molar-refractivity contribution >= 4 is 22.9 Å². The van der Waals surface area contributed by atoms with Gasteiger partial charge in [0, 0.05) is 32.3 Å². The molecule has 0 amide bonds. The van der Waals surface area contributed by atoms with E-state index < -0.39 is 0 Å². The predicted octanol–water partition coefficient (Wildman–Crippen LogP) is 2.20. The van der Waals surface area contributed by atoms with E-state index in [0.29, 0.717) is 11.4 Å². The minimum absolute atomic E-state index is 0.00918. The summed E-state index contributed by atoms with van der Waals surface area (Å²) < 4.78 is 5.72. The molecule has 0 aliphatic heterocycles. The van der Waals surface area contributed by atoms with E-state index in [4.69, 9.17) is 22.7 Å². The van der Waals surface area contributed by atoms with Crippen molar-refractivity contribution in [3.8, 4) is 5.75 Å². The van der Waals surface area contributed by atoms with Crippen molar-refractivity contribution in [3.05, 3.63) is 24.3 Å². The lowest BCUT2D eigenvalue weighted by molar-refractivity contribution is 0.230. The molecular weight excluding hydrogens is 220 g/mol. The molecule has 0 spiro atoms. The number of ether oxygens (including phenoxy) is 1. The van der Waals surface area contributed by atoms with Gasteiger partial charge in [-0.25, -0.2) is 0 Å². The van der Waals surface area contributed by atoms with Crippen LogP contribution in [0.4, 0.5) is 5.69 Å². The Balaban J connectivity index is 2.66. The molecule has 0 aromatic heterocycles. The first-order valence-electron chi connectivity index (χ1n) is 5.21. The van der Waals surface area contributed by atoms with Gasteiger partial charge in [0.1, 0.15) is 11.9 Å². The van der Waals surface area contributed by atoms with Crippen molar-refractivity contribution in [3.63, 3.8) is 0 Å². The predicted molar refractivity (Wildman–Crippen MR) is 72.3 cm³/mol. The highest BCUT2D eigenvalue weighted by atomic mass is 32.1. The molecule has 0 fully saturated rings. The summed E-state index contributed by atoms with van der Waals surface area (Å²) in [5, 5.41) is 0. The third-order valence-electron chi connectivity index (χ3n) is 2.16. The molecule has 0 saturated heterocycles. The molecule has 3 nitrogen and oxygen atoms in total. The number of rotatable bonds is 5. The Morgan fingerprint density at radius 3 is 2.75 bits per heavy atom. The Labute approximate surface area is 102 Å². The van der Waals surface area contributed by atoms with Crippen LogP contribution in [0.15, 0.2) is 24.3 Å². The van der Waals surface area contributed by atoms with Crippen molar-refractivity contribution in [1.82, 2.24) is 0 Å². The van der Waals surface area contributed by atoms with E-state index in [-0.39, 0.29) is 6.10 Å². The maximum Gasteiger partial charge on any atom is 0.121 e. The van der Waals surface area contributed by atoms with Crippen LogP contribution in [-0.4, -0.2) is 25.2 Å². The van der Waals surface area contributed by atoms with Crippen LogP contribution < -0.4 is 15.4 Å². The van der Waals surface area contributed by atoms with Crippen LogP contribution in [0.25, 0.3) is 0 Å². The normalized spacial score (nSPS) is 11.9. The third-order valence-corrected chi connectivity index (χ3v) is 2.33. The highest BCUT2D eigenvalue weighted by Crippen LogP contribution is 2.20. The maximum atomic E-state index is 5.72. The van der Waals surface area contributed by atoms with E-state index in [0.717, 1.165) is 11.4 Å². The van der Waals surface area contributed by atoms with Gasteiger partial charge in [-0.1, -0.05) is 18.3 Å². The number of nitrogens with two attached hydrogens (primary N) is 1. The largest absolute Gasteiger partial charge is 0.490 e. The van der Waals surface area contributed by atoms with Crippen LogP contribution in [0.5, 0.6) is 5.75 Å². The van der Waals surface area contributed by atoms with Gasteiger partial charge >= 0.3 is 0 Å². The highest BCUT2D eigenvalue weighted by Gasteiger charge is 2.06. The molecule has 1 aromatic rings. The first kappa shape index (κ1) is 12.8. The van der Waals surface area contributed by atoms with E-state index in [1.54, 1.807) is 0 Å².